The number of para-hydroxylation sites is 2. The Morgan fingerprint density at radius 2 is 1.72 bits per heavy atom. The average molecular weight is 412 g/mol. The SMILES string of the molecule is Cc1ccccc1-n1nnnc1SCC(=O)N1CCN(c2ccccc2F)CC1. The fourth-order valence-corrected chi connectivity index (χ4v) is 4.13. The molecule has 2 heterocycles. The van der Waals surface area contributed by atoms with Gasteiger partial charge in [0.15, 0.2) is 0 Å². The number of hydrogen-bond donors (Lipinski definition) is 0. The number of rotatable bonds is 5. The summed E-state index contributed by atoms with van der Waals surface area (Å²) >= 11 is 1.32. The van der Waals surface area contributed by atoms with Crippen molar-refractivity contribution in [2.75, 3.05) is 36.8 Å². The number of halogens is 1. The minimum Gasteiger partial charge on any atom is -0.366 e. The summed E-state index contributed by atoms with van der Waals surface area (Å²) < 4.78 is 15.6. The Morgan fingerprint density at radius 1 is 1.03 bits per heavy atom. The standard InChI is InChI=1S/C20H21FN6OS/c1-15-6-2-4-8-17(15)27-20(22-23-24-27)29-14-19(28)26-12-10-25(11-13-26)18-9-5-3-7-16(18)21/h2-9H,10-14H2,1H3. The van der Waals surface area contributed by atoms with E-state index in [0.717, 1.165) is 11.3 Å². The van der Waals surface area contributed by atoms with Crippen molar-refractivity contribution in [2.24, 2.45) is 0 Å². The monoisotopic (exact) mass is 412 g/mol. The van der Waals surface area contributed by atoms with Crippen LogP contribution in [0.4, 0.5) is 10.1 Å². The van der Waals surface area contributed by atoms with Gasteiger partial charge in [-0.15, -0.1) is 5.10 Å². The van der Waals surface area contributed by atoms with Crippen LogP contribution in [0.15, 0.2) is 53.7 Å². The molecule has 150 valence electrons. The Labute approximate surface area is 172 Å². The van der Waals surface area contributed by atoms with Crippen LogP contribution in [0, 0.1) is 12.7 Å². The lowest BCUT2D eigenvalue weighted by atomic mass is 10.2. The number of aryl methyl sites for hydroxylation is 1. The lowest BCUT2D eigenvalue weighted by molar-refractivity contribution is -0.128. The van der Waals surface area contributed by atoms with Crippen LogP contribution in [0.1, 0.15) is 5.56 Å². The second-order valence-corrected chi connectivity index (χ2v) is 7.71. The topological polar surface area (TPSA) is 67.2 Å². The van der Waals surface area contributed by atoms with Gasteiger partial charge < -0.3 is 9.80 Å². The van der Waals surface area contributed by atoms with Gasteiger partial charge >= 0.3 is 0 Å². The molecule has 29 heavy (non-hydrogen) atoms. The largest absolute Gasteiger partial charge is 0.366 e. The molecule has 0 radical (unpaired) electrons. The summed E-state index contributed by atoms with van der Waals surface area (Å²) in [5.41, 5.74) is 2.54. The zero-order valence-electron chi connectivity index (χ0n) is 16.0. The van der Waals surface area contributed by atoms with E-state index in [2.05, 4.69) is 15.5 Å². The Bertz CT molecular complexity index is 1000. The molecule has 0 N–H and O–H groups in total. The summed E-state index contributed by atoms with van der Waals surface area (Å²) in [6.07, 6.45) is 0. The highest BCUT2D eigenvalue weighted by molar-refractivity contribution is 7.99. The third-order valence-corrected chi connectivity index (χ3v) is 5.84. The van der Waals surface area contributed by atoms with Gasteiger partial charge in [0, 0.05) is 26.2 Å². The van der Waals surface area contributed by atoms with E-state index >= 15 is 0 Å². The molecule has 9 heteroatoms. The number of anilines is 1. The van der Waals surface area contributed by atoms with E-state index in [4.69, 9.17) is 0 Å². The molecular weight excluding hydrogens is 391 g/mol. The normalized spacial score (nSPS) is 14.3. The van der Waals surface area contributed by atoms with Crippen LogP contribution in [-0.4, -0.2) is 62.9 Å². The third-order valence-electron chi connectivity index (χ3n) is 4.93. The summed E-state index contributed by atoms with van der Waals surface area (Å²) in [4.78, 5) is 16.4. The quantitative estimate of drug-likeness (QED) is 0.600. The molecule has 1 aliphatic rings. The first-order valence-corrected chi connectivity index (χ1v) is 10.4. The highest BCUT2D eigenvalue weighted by atomic mass is 32.2. The smallest absolute Gasteiger partial charge is 0.233 e. The molecule has 0 atom stereocenters. The number of aromatic nitrogens is 4. The number of hydrogen-bond acceptors (Lipinski definition) is 6. The Kier molecular flexibility index (Phi) is 5.75. The molecule has 7 nitrogen and oxygen atoms in total. The van der Waals surface area contributed by atoms with Crippen LogP contribution in [-0.2, 0) is 4.79 Å². The number of piperazine rings is 1. The minimum absolute atomic E-state index is 0.0301. The van der Waals surface area contributed by atoms with Gasteiger partial charge in [0.2, 0.25) is 11.1 Å². The minimum atomic E-state index is -0.231. The molecule has 1 fully saturated rings. The molecule has 0 bridgehead atoms. The van der Waals surface area contributed by atoms with Crippen molar-refractivity contribution in [3.05, 3.63) is 59.9 Å². The van der Waals surface area contributed by atoms with Crippen LogP contribution in [0.5, 0.6) is 0 Å². The van der Waals surface area contributed by atoms with E-state index in [-0.39, 0.29) is 17.5 Å². The lowest BCUT2D eigenvalue weighted by Crippen LogP contribution is -2.49. The van der Waals surface area contributed by atoms with Crippen LogP contribution >= 0.6 is 11.8 Å². The zero-order chi connectivity index (χ0) is 20.2. The molecule has 4 rings (SSSR count). The number of amides is 1. The van der Waals surface area contributed by atoms with Gasteiger partial charge in [-0.25, -0.2) is 4.39 Å². The van der Waals surface area contributed by atoms with E-state index in [1.54, 1.807) is 16.8 Å². The van der Waals surface area contributed by atoms with E-state index in [9.17, 15) is 9.18 Å². The Balaban J connectivity index is 1.34. The molecule has 1 aliphatic heterocycles. The summed E-state index contributed by atoms with van der Waals surface area (Å²) in [7, 11) is 0. The summed E-state index contributed by atoms with van der Waals surface area (Å²) in [6.45, 7) is 4.34. The molecular formula is C20H21FN6OS. The van der Waals surface area contributed by atoms with Crippen LogP contribution in [0.2, 0.25) is 0 Å². The summed E-state index contributed by atoms with van der Waals surface area (Å²) in [6, 6.07) is 14.6. The lowest BCUT2D eigenvalue weighted by Gasteiger charge is -2.36. The van der Waals surface area contributed by atoms with Crippen molar-refractivity contribution in [1.29, 1.82) is 0 Å². The molecule has 1 aromatic heterocycles. The van der Waals surface area contributed by atoms with Gasteiger partial charge in [-0.1, -0.05) is 42.1 Å². The predicted molar refractivity (Wildman–Crippen MR) is 110 cm³/mol. The number of tetrazole rings is 1. The number of benzene rings is 2. The van der Waals surface area contributed by atoms with Crippen LogP contribution in [0.3, 0.4) is 0 Å². The number of nitrogens with zero attached hydrogens (tertiary/aromatic N) is 6. The predicted octanol–water partition coefficient (Wildman–Crippen LogP) is 2.55. The highest BCUT2D eigenvalue weighted by Gasteiger charge is 2.23. The van der Waals surface area contributed by atoms with E-state index < -0.39 is 0 Å². The van der Waals surface area contributed by atoms with Gasteiger partial charge in [-0.2, -0.15) is 4.68 Å². The van der Waals surface area contributed by atoms with Gasteiger partial charge in [0.1, 0.15) is 5.82 Å². The second kappa shape index (κ2) is 8.60. The van der Waals surface area contributed by atoms with Crippen molar-refractivity contribution < 1.29 is 9.18 Å². The maximum Gasteiger partial charge on any atom is 0.233 e. The van der Waals surface area contributed by atoms with Gasteiger partial charge in [-0.05, 0) is 41.1 Å². The van der Waals surface area contributed by atoms with Crippen LogP contribution in [0.25, 0.3) is 5.69 Å². The molecule has 0 aliphatic carbocycles. The second-order valence-electron chi connectivity index (χ2n) is 6.77. The first kappa shape index (κ1) is 19.4. The molecule has 1 saturated heterocycles. The Morgan fingerprint density at radius 3 is 2.45 bits per heavy atom. The average Bonchev–Trinajstić information content (AvgIpc) is 3.21. The zero-order valence-corrected chi connectivity index (χ0v) is 16.8. The molecule has 3 aromatic rings. The molecule has 0 saturated carbocycles. The fraction of sp³-hybridized carbons (Fsp3) is 0.300. The maximum atomic E-state index is 14.0. The van der Waals surface area contributed by atoms with Gasteiger partial charge in [-0.3, -0.25) is 4.79 Å². The van der Waals surface area contributed by atoms with Gasteiger partial charge in [0.25, 0.3) is 0 Å². The number of carbonyl (C=O) groups is 1. The molecule has 0 spiro atoms. The van der Waals surface area contributed by atoms with Crippen molar-refractivity contribution in [2.45, 2.75) is 12.1 Å². The van der Waals surface area contributed by atoms with Gasteiger partial charge in [0.05, 0.1) is 17.1 Å². The number of carbonyl (C=O) groups excluding carboxylic acids is 1. The maximum absolute atomic E-state index is 14.0. The number of thioether (sulfide) groups is 1. The molecule has 1 amide bonds. The fourth-order valence-electron chi connectivity index (χ4n) is 3.34. The summed E-state index contributed by atoms with van der Waals surface area (Å²) in [5, 5.41) is 12.5. The van der Waals surface area contributed by atoms with E-state index in [0.29, 0.717) is 37.0 Å². The summed E-state index contributed by atoms with van der Waals surface area (Å²) in [5.74, 6) is 0.0553. The highest BCUT2D eigenvalue weighted by Crippen LogP contribution is 2.22. The first-order chi connectivity index (χ1) is 14.1. The van der Waals surface area contributed by atoms with Crippen LogP contribution < -0.4 is 4.90 Å². The molecule has 2 aromatic carbocycles. The first-order valence-electron chi connectivity index (χ1n) is 9.38. The van der Waals surface area contributed by atoms with Crippen molar-refractivity contribution >= 4 is 23.4 Å². The van der Waals surface area contributed by atoms with E-state index in [1.165, 1.54) is 17.8 Å². The molecule has 0 unspecified atom stereocenters. The van der Waals surface area contributed by atoms with Crippen molar-refractivity contribution in [3.8, 4) is 5.69 Å². The Hall–Kier alpha value is -2.94. The van der Waals surface area contributed by atoms with E-state index in [1.807, 2.05) is 47.1 Å². The van der Waals surface area contributed by atoms with Crippen molar-refractivity contribution in [1.82, 2.24) is 25.1 Å². The van der Waals surface area contributed by atoms with Crippen molar-refractivity contribution in [3.63, 3.8) is 0 Å². The third kappa shape index (κ3) is 4.24.